The van der Waals surface area contributed by atoms with Gasteiger partial charge >= 0.3 is 11.9 Å². The first-order chi connectivity index (χ1) is 20.0. The lowest BCUT2D eigenvalue weighted by molar-refractivity contribution is -0.145. The van der Waals surface area contributed by atoms with E-state index in [0.29, 0.717) is 6.61 Å². The number of unbranched alkanes of at least 4 members (excludes halogenated alkanes) is 9. The van der Waals surface area contributed by atoms with Gasteiger partial charge in [0.05, 0.1) is 30.9 Å². The Morgan fingerprint density at radius 1 is 0.732 bits per heavy atom. The molecule has 0 spiro atoms. The molecule has 2 aromatic carbocycles. The highest BCUT2D eigenvalue weighted by Crippen LogP contribution is 2.23. The van der Waals surface area contributed by atoms with Crippen LogP contribution in [-0.2, 0) is 14.3 Å². The highest BCUT2D eigenvalue weighted by atomic mass is 16.6. The fourth-order valence-electron chi connectivity index (χ4n) is 4.28. The Kier molecular flexibility index (Phi) is 16.6. The molecule has 0 aliphatic heterocycles. The maximum Gasteiger partial charge on any atom is 0.344 e. The largest absolute Gasteiger partial charge is 0.494 e. The van der Waals surface area contributed by atoms with E-state index in [4.69, 9.17) is 18.9 Å². The molecule has 224 valence electrons. The molecule has 7 nitrogen and oxygen atoms in total. The summed E-state index contributed by atoms with van der Waals surface area (Å²) in [5.41, 5.74) is 1.16. The van der Waals surface area contributed by atoms with E-state index < -0.39 is 11.9 Å². The fourth-order valence-corrected chi connectivity index (χ4v) is 4.28. The lowest BCUT2D eigenvalue weighted by atomic mass is 10.0. The zero-order valence-corrected chi connectivity index (χ0v) is 25.0. The Balaban J connectivity index is 1.93. The van der Waals surface area contributed by atoms with Crippen LogP contribution in [-0.4, -0.2) is 44.1 Å². The first kappa shape index (κ1) is 33.6. The summed E-state index contributed by atoms with van der Waals surface area (Å²) < 4.78 is 21.4. The second kappa shape index (κ2) is 20.3. The smallest absolute Gasteiger partial charge is 0.344 e. The minimum atomic E-state index is -0.550. The third-order valence-electron chi connectivity index (χ3n) is 6.46. The van der Waals surface area contributed by atoms with Crippen LogP contribution >= 0.6 is 0 Å². The lowest BCUT2D eigenvalue weighted by Gasteiger charge is -2.11. The molecular weight excluding hydrogens is 520 g/mol. The van der Waals surface area contributed by atoms with Gasteiger partial charge < -0.3 is 18.9 Å². The molecule has 0 radical (unpaired) electrons. The number of allylic oxidation sites excluding steroid dienone is 1. The van der Waals surface area contributed by atoms with Crippen molar-refractivity contribution in [2.24, 2.45) is 0 Å². The molecule has 2 aromatic rings. The fraction of sp³-hybridized carbons (Fsp3) is 0.500. The molecule has 0 saturated heterocycles. The molecule has 0 aliphatic rings. The Bertz CT molecular complexity index is 1110. The molecule has 0 atom stereocenters. The number of hydrogen-bond acceptors (Lipinski definition) is 7. The second-order valence-electron chi connectivity index (χ2n) is 9.83. The molecule has 0 saturated carbocycles. The molecule has 0 fully saturated rings. The zero-order chi connectivity index (χ0) is 29.7. The molecule has 0 aromatic heterocycles. The minimum absolute atomic E-state index is 0.143. The summed E-state index contributed by atoms with van der Waals surface area (Å²) in [5.74, 6) is -0.556. The summed E-state index contributed by atoms with van der Waals surface area (Å²) in [5, 5.41) is 0. The van der Waals surface area contributed by atoms with Gasteiger partial charge in [0.15, 0.2) is 12.4 Å². The standard InChI is InChI=1S/C34H46O7/c1-4-7-8-9-10-11-12-13-14-15-23-40-29-18-16-17-27(24-29)19-21-31(35)30-25-28(34(37)39-6-3)20-22-32(30)41-26-33(36)38-5-2/h16-22,24-25H,4-15,23,26H2,1-3H3/b21-19+. The van der Waals surface area contributed by atoms with Gasteiger partial charge in [0, 0.05) is 0 Å². The van der Waals surface area contributed by atoms with Crippen LogP contribution in [0.5, 0.6) is 11.5 Å². The van der Waals surface area contributed by atoms with Crippen LogP contribution in [0.15, 0.2) is 48.5 Å². The maximum absolute atomic E-state index is 13.1. The summed E-state index contributed by atoms with van der Waals surface area (Å²) in [6.07, 6.45) is 15.8. The van der Waals surface area contributed by atoms with Crippen molar-refractivity contribution in [1.82, 2.24) is 0 Å². The predicted molar refractivity (Wildman–Crippen MR) is 162 cm³/mol. The van der Waals surface area contributed by atoms with Gasteiger partial charge in [0.1, 0.15) is 11.5 Å². The van der Waals surface area contributed by atoms with Crippen molar-refractivity contribution in [3.63, 3.8) is 0 Å². The minimum Gasteiger partial charge on any atom is -0.494 e. The van der Waals surface area contributed by atoms with Crippen molar-refractivity contribution in [1.29, 1.82) is 0 Å². The third-order valence-corrected chi connectivity index (χ3v) is 6.46. The van der Waals surface area contributed by atoms with Gasteiger partial charge in [-0.3, -0.25) is 4.79 Å². The Morgan fingerprint density at radius 2 is 1.41 bits per heavy atom. The summed E-state index contributed by atoms with van der Waals surface area (Å²) in [7, 11) is 0. The zero-order valence-electron chi connectivity index (χ0n) is 25.0. The molecule has 0 amide bonds. The maximum atomic E-state index is 13.1. The van der Waals surface area contributed by atoms with Crippen molar-refractivity contribution in [2.45, 2.75) is 85.0 Å². The van der Waals surface area contributed by atoms with E-state index in [1.165, 1.54) is 75.6 Å². The van der Waals surface area contributed by atoms with E-state index in [1.807, 2.05) is 24.3 Å². The van der Waals surface area contributed by atoms with Crippen LogP contribution in [0, 0.1) is 0 Å². The van der Waals surface area contributed by atoms with E-state index in [2.05, 4.69) is 6.92 Å². The SMILES string of the molecule is CCCCCCCCCCCCOc1cccc(/C=C/C(=O)c2cc(C(=O)OCC)ccc2OCC(=O)OCC)c1. The van der Waals surface area contributed by atoms with Crippen molar-refractivity contribution in [2.75, 3.05) is 26.4 Å². The average Bonchev–Trinajstić information content (AvgIpc) is 2.98. The quantitative estimate of drug-likeness (QED) is 0.0654. The molecule has 2 rings (SSSR count). The Labute approximate surface area is 245 Å². The molecule has 0 bridgehead atoms. The topological polar surface area (TPSA) is 88.1 Å². The third kappa shape index (κ3) is 13.5. The average molecular weight is 567 g/mol. The Hall–Kier alpha value is -3.61. The van der Waals surface area contributed by atoms with E-state index in [-0.39, 0.29) is 42.5 Å². The number of esters is 2. The van der Waals surface area contributed by atoms with E-state index in [9.17, 15) is 14.4 Å². The van der Waals surface area contributed by atoms with Crippen LogP contribution in [0.25, 0.3) is 6.08 Å². The first-order valence-electron chi connectivity index (χ1n) is 15.0. The molecule has 0 heterocycles. The summed E-state index contributed by atoms with van der Waals surface area (Å²) in [4.78, 5) is 37.1. The molecule has 7 heteroatoms. The monoisotopic (exact) mass is 566 g/mol. The van der Waals surface area contributed by atoms with Crippen molar-refractivity contribution >= 4 is 23.8 Å². The molecule has 41 heavy (non-hydrogen) atoms. The van der Waals surface area contributed by atoms with E-state index in [0.717, 1.165) is 24.2 Å². The van der Waals surface area contributed by atoms with Crippen LogP contribution < -0.4 is 9.47 Å². The van der Waals surface area contributed by atoms with E-state index in [1.54, 1.807) is 19.9 Å². The second-order valence-corrected chi connectivity index (χ2v) is 9.83. The number of hydrogen-bond donors (Lipinski definition) is 0. The van der Waals surface area contributed by atoms with Crippen molar-refractivity contribution < 1.29 is 33.3 Å². The van der Waals surface area contributed by atoms with Crippen LogP contribution in [0.1, 0.15) is 111 Å². The predicted octanol–water partition coefficient (Wildman–Crippen LogP) is 8.00. The van der Waals surface area contributed by atoms with Gasteiger partial charge in [-0.2, -0.15) is 0 Å². The highest BCUT2D eigenvalue weighted by Gasteiger charge is 2.17. The van der Waals surface area contributed by atoms with Gasteiger partial charge in [-0.1, -0.05) is 82.9 Å². The number of carbonyl (C=O) groups is 3. The van der Waals surface area contributed by atoms with Crippen LogP contribution in [0.3, 0.4) is 0 Å². The van der Waals surface area contributed by atoms with Crippen molar-refractivity contribution in [3.05, 3.63) is 65.2 Å². The number of ether oxygens (including phenoxy) is 4. The summed E-state index contributed by atoms with van der Waals surface area (Å²) in [6, 6.07) is 11.9. The van der Waals surface area contributed by atoms with Gasteiger partial charge in [-0.15, -0.1) is 0 Å². The molecular formula is C34H46O7. The number of ketones is 1. The number of benzene rings is 2. The molecule has 0 N–H and O–H groups in total. The summed E-state index contributed by atoms with van der Waals surface area (Å²) in [6.45, 7) is 6.39. The Morgan fingerprint density at radius 3 is 2.10 bits per heavy atom. The van der Waals surface area contributed by atoms with Gasteiger partial charge in [-0.05, 0) is 62.2 Å². The van der Waals surface area contributed by atoms with Gasteiger partial charge in [0.25, 0.3) is 0 Å². The molecule has 0 unspecified atom stereocenters. The summed E-state index contributed by atoms with van der Waals surface area (Å²) >= 11 is 0. The van der Waals surface area contributed by atoms with Crippen LogP contribution in [0.4, 0.5) is 0 Å². The number of rotatable bonds is 21. The highest BCUT2D eigenvalue weighted by molar-refractivity contribution is 6.09. The van der Waals surface area contributed by atoms with Gasteiger partial charge in [-0.25, -0.2) is 9.59 Å². The van der Waals surface area contributed by atoms with Crippen LogP contribution in [0.2, 0.25) is 0 Å². The van der Waals surface area contributed by atoms with E-state index >= 15 is 0 Å². The van der Waals surface area contributed by atoms with Crippen molar-refractivity contribution in [3.8, 4) is 11.5 Å². The molecule has 0 aliphatic carbocycles. The normalized spacial score (nSPS) is 10.9. The number of carbonyl (C=O) groups excluding carboxylic acids is 3. The first-order valence-corrected chi connectivity index (χ1v) is 15.0. The lowest BCUT2D eigenvalue weighted by Crippen LogP contribution is -2.16. The van der Waals surface area contributed by atoms with Gasteiger partial charge in [0.2, 0.25) is 0 Å².